The van der Waals surface area contributed by atoms with Crippen molar-refractivity contribution in [1.82, 2.24) is 5.01 Å². The lowest BCUT2D eigenvalue weighted by atomic mass is 10.2. The number of hydrogen-bond donors (Lipinski definition) is 0. The van der Waals surface area contributed by atoms with Crippen LogP contribution in [-0.2, 0) is 6.54 Å². The molecule has 78 valence electrons. The quantitative estimate of drug-likeness (QED) is 0.738. The molecule has 1 aromatic carbocycles. The molecule has 15 heavy (non-hydrogen) atoms. The molecule has 1 aliphatic carbocycles. The Balaban J connectivity index is 1.59. The van der Waals surface area contributed by atoms with E-state index in [0.29, 0.717) is 6.04 Å². The van der Waals surface area contributed by atoms with Crippen molar-refractivity contribution in [2.75, 3.05) is 6.54 Å². The molecular formula is C12H15N3. The second-order valence-electron chi connectivity index (χ2n) is 4.44. The fraction of sp³-hybridized carbons (Fsp3) is 0.500. The Kier molecular flexibility index (Phi) is 2.16. The maximum absolute atomic E-state index is 4.33. The van der Waals surface area contributed by atoms with Crippen LogP contribution in [0.25, 0.3) is 0 Å². The van der Waals surface area contributed by atoms with E-state index in [0.717, 1.165) is 19.0 Å². The molecule has 1 fully saturated rings. The van der Waals surface area contributed by atoms with Crippen molar-refractivity contribution in [1.29, 1.82) is 0 Å². The van der Waals surface area contributed by atoms with Gasteiger partial charge in [0.2, 0.25) is 0 Å². The topological polar surface area (TPSA) is 28.0 Å². The summed E-state index contributed by atoms with van der Waals surface area (Å²) in [4.78, 5) is 0. The molecule has 0 bridgehead atoms. The SMILES string of the molecule is c1ccc(CN2CC(C3CC3)N=N2)cc1. The lowest BCUT2D eigenvalue weighted by molar-refractivity contribution is 0.296. The van der Waals surface area contributed by atoms with Crippen LogP contribution in [0.4, 0.5) is 0 Å². The van der Waals surface area contributed by atoms with Crippen molar-refractivity contribution in [3.63, 3.8) is 0 Å². The van der Waals surface area contributed by atoms with E-state index in [9.17, 15) is 0 Å². The summed E-state index contributed by atoms with van der Waals surface area (Å²) >= 11 is 0. The minimum Gasteiger partial charge on any atom is -0.272 e. The maximum atomic E-state index is 4.33. The van der Waals surface area contributed by atoms with Crippen molar-refractivity contribution in [3.05, 3.63) is 35.9 Å². The normalized spacial score (nSPS) is 24.8. The molecule has 2 aliphatic rings. The highest BCUT2D eigenvalue weighted by Crippen LogP contribution is 2.36. The van der Waals surface area contributed by atoms with Gasteiger partial charge in [-0.25, -0.2) is 0 Å². The van der Waals surface area contributed by atoms with E-state index in [1.807, 2.05) is 6.07 Å². The monoisotopic (exact) mass is 201 g/mol. The van der Waals surface area contributed by atoms with Crippen molar-refractivity contribution >= 4 is 0 Å². The molecule has 0 aromatic heterocycles. The van der Waals surface area contributed by atoms with Gasteiger partial charge in [0, 0.05) is 0 Å². The van der Waals surface area contributed by atoms with Crippen LogP contribution >= 0.6 is 0 Å². The Morgan fingerprint density at radius 1 is 1.20 bits per heavy atom. The summed E-state index contributed by atoms with van der Waals surface area (Å²) in [5, 5.41) is 10.6. The third-order valence-corrected chi connectivity index (χ3v) is 3.10. The zero-order chi connectivity index (χ0) is 10.1. The first-order chi connectivity index (χ1) is 7.42. The van der Waals surface area contributed by atoms with Crippen LogP contribution in [0.1, 0.15) is 18.4 Å². The maximum Gasteiger partial charge on any atom is 0.0949 e. The second-order valence-corrected chi connectivity index (χ2v) is 4.44. The van der Waals surface area contributed by atoms with E-state index in [4.69, 9.17) is 0 Å². The minimum atomic E-state index is 0.480. The first-order valence-electron chi connectivity index (χ1n) is 5.61. The van der Waals surface area contributed by atoms with Gasteiger partial charge in [-0.2, -0.15) is 5.11 Å². The molecule has 3 nitrogen and oxygen atoms in total. The fourth-order valence-corrected chi connectivity index (χ4v) is 2.04. The Morgan fingerprint density at radius 3 is 2.73 bits per heavy atom. The van der Waals surface area contributed by atoms with Crippen LogP contribution in [0.3, 0.4) is 0 Å². The van der Waals surface area contributed by atoms with Crippen LogP contribution in [0.2, 0.25) is 0 Å². The van der Waals surface area contributed by atoms with Gasteiger partial charge in [-0.3, -0.25) is 5.01 Å². The van der Waals surface area contributed by atoms with Crippen molar-refractivity contribution in [2.45, 2.75) is 25.4 Å². The van der Waals surface area contributed by atoms with E-state index in [1.165, 1.54) is 18.4 Å². The molecule has 1 aromatic rings. The number of nitrogens with zero attached hydrogens (tertiary/aromatic N) is 3. The molecule has 3 heteroatoms. The Bertz CT molecular complexity index is 356. The van der Waals surface area contributed by atoms with Crippen LogP contribution in [-0.4, -0.2) is 17.6 Å². The van der Waals surface area contributed by atoms with Crippen molar-refractivity contribution < 1.29 is 0 Å². The van der Waals surface area contributed by atoms with Gasteiger partial charge in [-0.15, -0.1) is 0 Å². The van der Waals surface area contributed by atoms with E-state index in [-0.39, 0.29) is 0 Å². The molecule has 0 amide bonds. The zero-order valence-electron chi connectivity index (χ0n) is 8.71. The van der Waals surface area contributed by atoms with Crippen molar-refractivity contribution in [3.8, 4) is 0 Å². The highest BCUT2D eigenvalue weighted by molar-refractivity contribution is 5.14. The van der Waals surface area contributed by atoms with Crippen molar-refractivity contribution in [2.24, 2.45) is 16.3 Å². The number of hydrogen-bond acceptors (Lipinski definition) is 3. The third-order valence-electron chi connectivity index (χ3n) is 3.10. The number of benzene rings is 1. The van der Waals surface area contributed by atoms with Gasteiger partial charge in [0.1, 0.15) is 0 Å². The smallest absolute Gasteiger partial charge is 0.0949 e. The molecule has 3 rings (SSSR count). The molecule has 0 saturated heterocycles. The molecule has 1 heterocycles. The molecule has 0 N–H and O–H groups in total. The summed E-state index contributed by atoms with van der Waals surface area (Å²) < 4.78 is 0. The van der Waals surface area contributed by atoms with Gasteiger partial charge in [0.25, 0.3) is 0 Å². The molecular weight excluding hydrogens is 186 g/mol. The van der Waals surface area contributed by atoms with Gasteiger partial charge in [0.05, 0.1) is 19.1 Å². The molecule has 0 spiro atoms. The highest BCUT2D eigenvalue weighted by Gasteiger charge is 2.35. The summed E-state index contributed by atoms with van der Waals surface area (Å²) in [7, 11) is 0. The van der Waals surface area contributed by atoms with E-state index >= 15 is 0 Å². The Hall–Kier alpha value is -1.38. The zero-order valence-corrected chi connectivity index (χ0v) is 8.71. The number of rotatable bonds is 3. The third kappa shape index (κ3) is 2.01. The average molecular weight is 201 g/mol. The predicted molar refractivity (Wildman–Crippen MR) is 58.2 cm³/mol. The Morgan fingerprint density at radius 2 is 2.00 bits per heavy atom. The van der Waals surface area contributed by atoms with Crippen LogP contribution in [0, 0.1) is 5.92 Å². The molecule has 1 unspecified atom stereocenters. The van der Waals surface area contributed by atoms with E-state index in [1.54, 1.807) is 0 Å². The van der Waals surface area contributed by atoms with Gasteiger partial charge in [0.15, 0.2) is 0 Å². The average Bonchev–Trinajstić information content (AvgIpc) is 3.02. The minimum absolute atomic E-state index is 0.480. The lowest BCUT2D eigenvalue weighted by Gasteiger charge is -2.13. The summed E-state index contributed by atoms with van der Waals surface area (Å²) in [6, 6.07) is 10.9. The van der Waals surface area contributed by atoms with Crippen LogP contribution in [0.15, 0.2) is 40.7 Å². The second kappa shape index (κ2) is 3.65. The highest BCUT2D eigenvalue weighted by atomic mass is 15.6. The summed E-state index contributed by atoms with van der Waals surface area (Å²) in [6.45, 7) is 1.91. The van der Waals surface area contributed by atoms with Gasteiger partial charge in [-0.05, 0) is 24.3 Å². The van der Waals surface area contributed by atoms with E-state index in [2.05, 4.69) is 39.6 Å². The largest absolute Gasteiger partial charge is 0.272 e. The van der Waals surface area contributed by atoms with Crippen LogP contribution in [0.5, 0.6) is 0 Å². The summed E-state index contributed by atoms with van der Waals surface area (Å²) in [5.74, 6) is 0.828. The molecule has 1 atom stereocenters. The summed E-state index contributed by atoms with van der Waals surface area (Å²) in [6.07, 6.45) is 2.70. The van der Waals surface area contributed by atoms with Gasteiger partial charge >= 0.3 is 0 Å². The first-order valence-corrected chi connectivity index (χ1v) is 5.61. The summed E-state index contributed by atoms with van der Waals surface area (Å²) in [5.41, 5.74) is 1.31. The fourth-order valence-electron chi connectivity index (χ4n) is 2.04. The van der Waals surface area contributed by atoms with Gasteiger partial charge < -0.3 is 0 Å². The standard InChI is InChI=1S/C12H15N3/c1-2-4-10(5-3-1)8-15-9-12(13-14-15)11-6-7-11/h1-5,11-12H,6-9H2. The van der Waals surface area contributed by atoms with Gasteiger partial charge in [-0.1, -0.05) is 35.6 Å². The molecule has 1 aliphatic heterocycles. The van der Waals surface area contributed by atoms with Crippen LogP contribution < -0.4 is 0 Å². The molecule has 0 radical (unpaired) electrons. The van der Waals surface area contributed by atoms with E-state index < -0.39 is 0 Å². The molecule has 1 saturated carbocycles. The first kappa shape index (κ1) is 8.89. The predicted octanol–water partition coefficient (Wildman–Crippen LogP) is 2.65. The lowest BCUT2D eigenvalue weighted by Crippen LogP contribution is -2.21. The Labute approximate surface area is 89.8 Å².